The molecule has 1 aromatic carbocycles. The molecule has 3 heterocycles. The molecule has 4 N–H and O–H groups in total. The highest BCUT2D eigenvalue weighted by atomic mass is 19.4. The van der Waals surface area contributed by atoms with E-state index in [1.165, 1.54) is 16.7 Å². The molecule has 2 aromatic heterocycles. The summed E-state index contributed by atoms with van der Waals surface area (Å²) >= 11 is 0. The van der Waals surface area contributed by atoms with Crippen molar-refractivity contribution in [2.45, 2.75) is 39.0 Å². The normalized spacial score (nSPS) is 14.8. The number of hydrogen-bond acceptors (Lipinski definition) is 5. The Balaban J connectivity index is 1.53. The summed E-state index contributed by atoms with van der Waals surface area (Å²) in [6.07, 6.45) is -2.83. The molecule has 36 heavy (non-hydrogen) atoms. The Morgan fingerprint density at radius 3 is 2.58 bits per heavy atom. The molecule has 0 atom stereocenters. The first-order valence-electron chi connectivity index (χ1n) is 11.9. The van der Waals surface area contributed by atoms with Crippen molar-refractivity contribution < 1.29 is 18.0 Å². The molecule has 3 aromatic rings. The summed E-state index contributed by atoms with van der Waals surface area (Å²) in [4.78, 5) is 30.7. The molecule has 0 radical (unpaired) electrons. The molecule has 4 rings (SSSR count). The average molecular weight is 503 g/mol. The molecule has 0 saturated carbocycles. The van der Waals surface area contributed by atoms with Gasteiger partial charge in [0.2, 0.25) is 0 Å². The molecule has 2 amide bonds. The lowest BCUT2D eigenvalue weighted by Gasteiger charge is -2.33. The second-order valence-electron chi connectivity index (χ2n) is 9.00. The highest BCUT2D eigenvalue weighted by Crippen LogP contribution is 2.32. The summed E-state index contributed by atoms with van der Waals surface area (Å²) in [5.41, 5.74) is 6.12. The number of benzene rings is 1. The lowest BCUT2D eigenvalue weighted by Crippen LogP contribution is -2.36. The van der Waals surface area contributed by atoms with Gasteiger partial charge in [0.15, 0.2) is 0 Å². The van der Waals surface area contributed by atoms with Gasteiger partial charge in [0.25, 0.3) is 5.56 Å². The van der Waals surface area contributed by atoms with Crippen LogP contribution in [-0.2, 0) is 19.3 Å². The number of urea groups is 1. The van der Waals surface area contributed by atoms with Gasteiger partial charge >= 0.3 is 12.2 Å². The van der Waals surface area contributed by atoms with E-state index in [-0.39, 0.29) is 24.5 Å². The number of alkyl halides is 3. The van der Waals surface area contributed by atoms with Gasteiger partial charge in [0.1, 0.15) is 11.5 Å². The van der Waals surface area contributed by atoms with Crippen molar-refractivity contribution in [3.05, 3.63) is 64.1 Å². The van der Waals surface area contributed by atoms with Crippen molar-refractivity contribution in [3.63, 3.8) is 0 Å². The van der Waals surface area contributed by atoms with Crippen LogP contribution in [0.3, 0.4) is 0 Å². The Bertz CT molecular complexity index is 1300. The van der Waals surface area contributed by atoms with E-state index in [9.17, 15) is 22.8 Å². The zero-order valence-electron chi connectivity index (χ0n) is 19.9. The van der Waals surface area contributed by atoms with E-state index in [1.807, 2.05) is 4.90 Å². The van der Waals surface area contributed by atoms with Crippen LogP contribution in [0.25, 0.3) is 10.9 Å². The summed E-state index contributed by atoms with van der Waals surface area (Å²) in [5, 5.41) is 6.16. The number of nitrogens with one attached hydrogen (secondary N) is 2. The van der Waals surface area contributed by atoms with Crippen molar-refractivity contribution in [2.24, 2.45) is 11.7 Å². The van der Waals surface area contributed by atoms with E-state index in [1.54, 1.807) is 24.3 Å². The van der Waals surface area contributed by atoms with Crippen LogP contribution in [0.15, 0.2) is 47.3 Å². The number of fused-ring (bicyclic) bond motifs is 1. The fourth-order valence-corrected chi connectivity index (χ4v) is 4.40. The molecule has 1 aliphatic heterocycles. The Morgan fingerprint density at radius 2 is 1.89 bits per heavy atom. The van der Waals surface area contributed by atoms with Crippen molar-refractivity contribution >= 4 is 28.4 Å². The maximum Gasteiger partial charge on any atom is 0.433 e. The van der Waals surface area contributed by atoms with Crippen LogP contribution in [0, 0.1) is 5.92 Å². The van der Waals surface area contributed by atoms with Crippen LogP contribution in [-0.4, -0.2) is 35.2 Å². The molecule has 11 heteroatoms. The summed E-state index contributed by atoms with van der Waals surface area (Å²) in [7, 11) is 0. The van der Waals surface area contributed by atoms with Crippen molar-refractivity contribution in [3.8, 4) is 0 Å². The molecule has 0 bridgehead atoms. The maximum absolute atomic E-state index is 13.3. The van der Waals surface area contributed by atoms with E-state index in [0.29, 0.717) is 47.7 Å². The zero-order chi connectivity index (χ0) is 25.9. The quantitative estimate of drug-likeness (QED) is 0.474. The van der Waals surface area contributed by atoms with Gasteiger partial charge in [-0.05, 0) is 43.0 Å². The first kappa shape index (κ1) is 25.5. The molecule has 1 saturated heterocycles. The minimum absolute atomic E-state index is 0.000997. The number of nitrogens with two attached hydrogens (primary N) is 1. The zero-order valence-corrected chi connectivity index (χ0v) is 19.9. The van der Waals surface area contributed by atoms with Crippen molar-refractivity contribution in [1.29, 1.82) is 0 Å². The minimum atomic E-state index is -4.56. The number of rotatable bonds is 6. The van der Waals surface area contributed by atoms with Crippen LogP contribution in [0.4, 0.5) is 29.5 Å². The summed E-state index contributed by atoms with van der Waals surface area (Å²) in [5.74, 6) is 0.745. The lowest BCUT2D eigenvalue weighted by atomic mass is 9.99. The first-order chi connectivity index (χ1) is 17.2. The number of aromatic nitrogens is 2. The third-order valence-electron chi connectivity index (χ3n) is 6.40. The van der Waals surface area contributed by atoms with Gasteiger partial charge in [0.05, 0.1) is 11.2 Å². The van der Waals surface area contributed by atoms with Gasteiger partial charge in [-0.25, -0.2) is 9.78 Å². The number of hydrogen-bond donors (Lipinski definition) is 3. The monoisotopic (exact) mass is 502 g/mol. The summed E-state index contributed by atoms with van der Waals surface area (Å²) < 4.78 is 41.5. The molecular weight excluding hydrogens is 473 g/mol. The highest BCUT2D eigenvalue weighted by molar-refractivity contribution is 6.00. The average Bonchev–Trinajstić information content (AvgIpc) is 2.84. The maximum atomic E-state index is 13.3. The van der Waals surface area contributed by atoms with Crippen LogP contribution in [0.5, 0.6) is 0 Å². The Labute approximate surface area is 206 Å². The fraction of sp³-hybridized carbons (Fsp3) is 0.400. The summed E-state index contributed by atoms with van der Waals surface area (Å²) in [6.45, 7) is 3.96. The molecule has 0 unspecified atom stereocenters. The second kappa shape index (κ2) is 10.6. The van der Waals surface area contributed by atoms with Gasteiger partial charge in [-0.3, -0.25) is 4.79 Å². The van der Waals surface area contributed by atoms with Gasteiger partial charge < -0.3 is 25.8 Å². The van der Waals surface area contributed by atoms with E-state index in [2.05, 4.69) is 22.5 Å². The van der Waals surface area contributed by atoms with Gasteiger partial charge in [-0.15, -0.1) is 0 Å². The molecular formula is C25H29F3N6O2. The predicted octanol–water partition coefficient (Wildman–Crippen LogP) is 3.93. The van der Waals surface area contributed by atoms with Crippen LogP contribution >= 0.6 is 0 Å². The largest absolute Gasteiger partial charge is 0.433 e. The number of halogens is 3. The number of nitrogens with zero attached hydrogens (tertiary/aromatic N) is 3. The highest BCUT2D eigenvalue weighted by Gasteiger charge is 2.34. The smallest absolute Gasteiger partial charge is 0.356 e. The SMILES string of the molecule is CC1CCN(c2nc(C(F)(F)F)ccc2CNC(=O)Nc2cccc3c2ccc(=O)n3CCN)CC1. The van der Waals surface area contributed by atoms with Gasteiger partial charge in [0, 0.05) is 49.7 Å². The number of piperidine rings is 1. The van der Waals surface area contributed by atoms with E-state index in [4.69, 9.17) is 5.73 Å². The van der Waals surface area contributed by atoms with Gasteiger partial charge in [-0.1, -0.05) is 19.1 Å². The van der Waals surface area contributed by atoms with E-state index in [0.717, 1.165) is 18.9 Å². The third kappa shape index (κ3) is 5.62. The molecule has 8 nitrogen and oxygen atoms in total. The molecule has 0 aliphatic carbocycles. The van der Waals surface area contributed by atoms with Crippen LogP contribution in [0.2, 0.25) is 0 Å². The topological polar surface area (TPSA) is 105 Å². The van der Waals surface area contributed by atoms with Crippen LogP contribution in [0.1, 0.15) is 31.0 Å². The third-order valence-corrected chi connectivity index (χ3v) is 6.40. The van der Waals surface area contributed by atoms with Crippen molar-refractivity contribution in [1.82, 2.24) is 14.9 Å². The minimum Gasteiger partial charge on any atom is -0.356 e. The first-order valence-corrected chi connectivity index (χ1v) is 11.9. The number of pyridine rings is 2. The molecule has 192 valence electrons. The van der Waals surface area contributed by atoms with E-state index < -0.39 is 17.9 Å². The second-order valence-corrected chi connectivity index (χ2v) is 9.00. The van der Waals surface area contributed by atoms with E-state index >= 15 is 0 Å². The van der Waals surface area contributed by atoms with Gasteiger partial charge in [-0.2, -0.15) is 13.2 Å². The standard InChI is InChI=1S/C25H29F3N6O2/c1-16-9-12-33(13-10-16)23-17(5-7-21(32-23)25(26,27)28)15-30-24(36)31-19-3-2-4-20-18(19)6-8-22(35)34(20)14-11-29/h2-8,16H,9-15,29H2,1H3,(H2,30,31,36). The number of carbonyl (C=O) groups is 1. The number of anilines is 2. The lowest BCUT2D eigenvalue weighted by molar-refractivity contribution is -0.141. The fourth-order valence-electron chi connectivity index (χ4n) is 4.40. The Kier molecular flexibility index (Phi) is 7.48. The van der Waals surface area contributed by atoms with Crippen molar-refractivity contribution in [2.75, 3.05) is 29.9 Å². The number of carbonyl (C=O) groups excluding carboxylic acids is 1. The molecule has 1 aliphatic rings. The molecule has 0 spiro atoms. The Morgan fingerprint density at radius 1 is 1.14 bits per heavy atom. The predicted molar refractivity (Wildman–Crippen MR) is 133 cm³/mol. The van der Waals surface area contributed by atoms with Crippen LogP contribution < -0.4 is 26.8 Å². The number of amides is 2. The molecule has 1 fully saturated rings. The summed E-state index contributed by atoms with van der Waals surface area (Å²) in [6, 6.07) is 10.0. The Hall–Kier alpha value is -3.60.